The van der Waals surface area contributed by atoms with Crippen molar-refractivity contribution in [2.45, 2.75) is 71.3 Å². The van der Waals surface area contributed by atoms with Gasteiger partial charge < -0.3 is 9.47 Å². The van der Waals surface area contributed by atoms with Crippen LogP contribution in [0.5, 0.6) is 5.75 Å². The van der Waals surface area contributed by atoms with Crippen LogP contribution < -0.4 is 4.74 Å². The third kappa shape index (κ3) is 4.82. The number of amides is 1. The van der Waals surface area contributed by atoms with Crippen molar-refractivity contribution in [1.82, 2.24) is 4.90 Å². The standard InChI is InChI=1S/C32H33F4NO3/c1-17(2)30-28-12-8-11-27(37(28)31(38)40-30)23-15-25(32(34,35)36)19(4)13-21(23)24-14-22(26(33)16-29(24)39-5)20-10-7-6-9-18(20)3/h6-7,9-10,13-17,27-28,30H,8,11-12H2,1-5H3. The minimum Gasteiger partial charge on any atom is -0.496 e. The van der Waals surface area contributed by atoms with Crippen molar-refractivity contribution in [3.63, 3.8) is 0 Å². The van der Waals surface area contributed by atoms with Crippen LogP contribution in [-0.4, -0.2) is 30.2 Å². The number of carbonyl (C=O) groups is 1. The van der Waals surface area contributed by atoms with Gasteiger partial charge in [0.1, 0.15) is 17.7 Å². The average molecular weight is 556 g/mol. The van der Waals surface area contributed by atoms with E-state index in [0.29, 0.717) is 34.2 Å². The number of halogens is 4. The highest BCUT2D eigenvalue weighted by molar-refractivity contribution is 5.82. The van der Waals surface area contributed by atoms with E-state index in [0.717, 1.165) is 24.5 Å². The Hall–Kier alpha value is -3.55. The first-order valence-corrected chi connectivity index (χ1v) is 13.6. The number of hydrogen-bond acceptors (Lipinski definition) is 3. The van der Waals surface area contributed by atoms with Crippen molar-refractivity contribution in [1.29, 1.82) is 0 Å². The van der Waals surface area contributed by atoms with Gasteiger partial charge in [-0.3, -0.25) is 4.90 Å². The number of fused-ring (bicyclic) bond motifs is 1. The number of piperidine rings is 1. The fourth-order valence-corrected chi connectivity index (χ4v) is 6.31. The zero-order valence-electron chi connectivity index (χ0n) is 23.2. The summed E-state index contributed by atoms with van der Waals surface area (Å²) in [6, 6.07) is 12.0. The van der Waals surface area contributed by atoms with E-state index in [1.54, 1.807) is 17.0 Å². The number of nitrogens with zero attached hydrogens (tertiary/aromatic N) is 1. The Bertz CT molecular complexity index is 1450. The number of aryl methyl sites for hydroxylation is 2. The van der Waals surface area contributed by atoms with Crippen LogP contribution in [0.4, 0.5) is 22.4 Å². The van der Waals surface area contributed by atoms with Crippen molar-refractivity contribution < 1.29 is 31.8 Å². The largest absolute Gasteiger partial charge is 0.496 e. The normalized spacial score (nSPS) is 21.0. The molecular formula is C32H33F4NO3. The van der Waals surface area contributed by atoms with Gasteiger partial charge in [0.15, 0.2) is 0 Å². The second kappa shape index (κ2) is 10.5. The summed E-state index contributed by atoms with van der Waals surface area (Å²) in [6.45, 7) is 7.23. The molecule has 8 heteroatoms. The lowest BCUT2D eigenvalue weighted by molar-refractivity contribution is -0.138. The molecule has 2 saturated heterocycles. The lowest BCUT2D eigenvalue weighted by atomic mass is 9.82. The first kappa shape index (κ1) is 28.0. The lowest BCUT2D eigenvalue weighted by Gasteiger charge is -2.38. The summed E-state index contributed by atoms with van der Waals surface area (Å²) in [5.74, 6) is -0.234. The first-order valence-electron chi connectivity index (χ1n) is 13.6. The molecule has 40 heavy (non-hydrogen) atoms. The summed E-state index contributed by atoms with van der Waals surface area (Å²) in [5, 5.41) is 0. The second-order valence-electron chi connectivity index (χ2n) is 11.1. The van der Waals surface area contributed by atoms with Crippen molar-refractivity contribution in [2.24, 2.45) is 5.92 Å². The highest BCUT2D eigenvalue weighted by atomic mass is 19.4. The molecule has 0 bridgehead atoms. The van der Waals surface area contributed by atoms with E-state index in [-0.39, 0.29) is 29.4 Å². The van der Waals surface area contributed by atoms with E-state index in [1.165, 1.54) is 26.2 Å². The number of ether oxygens (including phenoxy) is 2. The van der Waals surface area contributed by atoms with Gasteiger partial charge in [-0.05, 0) is 79.0 Å². The Labute approximate surface area is 231 Å². The van der Waals surface area contributed by atoms with Crippen LogP contribution in [-0.2, 0) is 10.9 Å². The van der Waals surface area contributed by atoms with E-state index in [2.05, 4.69) is 0 Å². The zero-order valence-corrected chi connectivity index (χ0v) is 23.2. The molecule has 0 aliphatic carbocycles. The highest BCUT2D eigenvalue weighted by Gasteiger charge is 2.49. The molecule has 0 N–H and O–H groups in total. The molecule has 3 aromatic rings. The number of cyclic esters (lactones) is 1. The molecule has 4 nitrogen and oxygen atoms in total. The van der Waals surface area contributed by atoms with Crippen molar-refractivity contribution in [3.8, 4) is 28.0 Å². The summed E-state index contributed by atoms with van der Waals surface area (Å²) in [4.78, 5) is 14.8. The van der Waals surface area contributed by atoms with E-state index in [9.17, 15) is 18.0 Å². The molecule has 0 aromatic heterocycles. The Morgan fingerprint density at radius 3 is 2.33 bits per heavy atom. The van der Waals surface area contributed by atoms with Gasteiger partial charge in [0.25, 0.3) is 0 Å². The maximum atomic E-state index is 15.4. The van der Waals surface area contributed by atoms with Crippen LogP contribution in [0.2, 0.25) is 0 Å². The third-order valence-electron chi connectivity index (χ3n) is 8.23. The zero-order chi connectivity index (χ0) is 28.9. The molecule has 0 spiro atoms. The topological polar surface area (TPSA) is 38.8 Å². The predicted molar refractivity (Wildman–Crippen MR) is 146 cm³/mol. The average Bonchev–Trinajstić information content (AvgIpc) is 3.25. The minimum atomic E-state index is -4.59. The van der Waals surface area contributed by atoms with Gasteiger partial charge >= 0.3 is 12.3 Å². The van der Waals surface area contributed by atoms with Gasteiger partial charge in [-0.2, -0.15) is 13.2 Å². The fraction of sp³-hybridized carbons (Fsp3) is 0.406. The molecule has 3 unspecified atom stereocenters. The predicted octanol–water partition coefficient (Wildman–Crippen LogP) is 8.87. The minimum absolute atomic E-state index is 0.0338. The maximum absolute atomic E-state index is 15.4. The Balaban J connectivity index is 1.76. The van der Waals surface area contributed by atoms with Gasteiger partial charge in [0.05, 0.1) is 24.8 Å². The van der Waals surface area contributed by atoms with Crippen molar-refractivity contribution >= 4 is 6.09 Å². The van der Waals surface area contributed by atoms with Crippen LogP contribution in [0.3, 0.4) is 0 Å². The van der Waals surface area contributed by atoms with E-state index < -0.39 is 29.7 Å². The van der Waals surface area contributed by atoms with Gasteiger partial charge in [-0.25, -0.2) is 9.18 Å². The van der Waals surface area contributed by atoms with Gasteiger partial charge in [-0.15, -0.1) is 0 Å². The molecule has 2 aliphatic heterocycles. The molecular weight excluding hydrogens is 522 g/mol. The van der Waals surface area contributed by atoms with Crippen LogP contribution >= 0.6 is 0 Å². The van der Waals surface area contributed by atoms with Crippen LogP contribution in [0, 0.1) is 25.6 Å². The number of hydrogen-bond donors (Lipinski definition) is 0. The summed E-state index contributed by atoms with van der Waals surface area (Å²) in [6.07, 6.45) is -3.50. The molecule has 0 saturated carbocycles. The molecule has 1 amide bonds. The molecule has 212 valence electrons. The van der Waals surface area contributed by atoms with Gasteiger partial charge in [0.2, 0.25) is 0 Å². The first-order chi connectivity index (χ1) is 18.9. The molecule has 2 fully saturated rings. The quantitative estimate of drug-likeness (QED) is 0.295. The van der Waals surface area contributed by atoms with Crippen LogP contribution in [0.15, 0.2) is 48.5 Å². The van der Waals surface area contributed by atoms with Crippen LogP contribution in [0.25, 0.3) is 22.3 Å². The number of benzene rings is 3. The fourth-order valence-electron chi connectivity index (χ4n) is 6.31. The van der Waals surface area contributed by atoms with Crippen LogP contribution in [0.1, 0.15) is 61.4 Å². The molecule has 2 aliphatic rings. The molecule has 0 radical (unpaired) electrons. The number of alkyl halides is 3. The van der Waals surface area contributed by atoms with E-state index in [1.807, 2.05) is 39.0 Å². The van der Waals surface area contributed by atoms with Crippen molar-refractivity contribution in [2.75, 3.05) is 7.11 Å². The molecule has 3 aromatic carbocycles. The summed E-state index contributed by atoms with van der Waals surface area (Å²) in [7, 11) is 1.41. The van der Waals surface area contributed by atoms with Gasteiger partial charge in [-0.1, -0.05) is 44.2 Å². The Morgan fingerprint density at radius 2 is 1.68 bits per heavy atom. The summed E-state index contributed by atoms with van der Waals surface area (Å²) in [5.41, 5.74) is 2.41. The maximum Gasteiger partial charge on any atom is 0.416 e. The second-order valence-corrected chi connectivity index (χ2v) is 11.1. The smallest absolute Gasteiger partial charge is 0.416 e. The summed E-state index contributed by atoms with van der Waals surface area (Å²) >= 11 is 0. The number of methoxy groups -OCH3 is 1. The SMILES string of the molecule is COc1cc(F)c(-c2ccccc2C)cc1-c1cc(C)c(C(F)(F)F)cc1C1CCCC2C(C(C)C)OC(=O)N12. The Morgan fingerprint density at radius 1 is 0.950 bits per heavy atom. The molecule has 3 atom stereocenters. The number of rotatable bonds is 5. The monoisotopic (exact) mass is 555 g/mol. The lowest BCUT2D eigenvalue weighted by Crippen LogP contribution is -2.44. The number of carbonyl (C=O) groups excluding carboxylic acids is 1. The highest BCUT2D eigenvalue weighted by Crippen LogP contribution is 2.48. The van der Waals surface area contributed by atoms with Crippen molar-refractivity contribution in [3.05, 3.63) is 76.6 Å². The third-order valence-corrected chi connectivity index (χ3v) is 8.23. The Kier molecular flexibility index (Phi) is 7.31. The summed E-state index contributed by atoms with van der Waals surface area (Å²) < 4.78 is 69.3. The van der Waals surface area contributed by atoms with E-state index >= 15 is 4.39 Å². The van der Waals surface area contributed by atoms with Gasteiger partial charge in [0, 0.05) is 17.2 Å². The molecule has 2 heterocycles. The molecule has 5 rings (SSSR count). The van der Waals surface area contributed by atoms with E-state index in [4.69, 9.17) is 9.47 Å².